The van der Waals surface area contributed by atoms with Crippen LogP contribution in [0.1, 0.15) is 30.9 Å². The molecule has 2 aromatic rings. The van der Waals surface area contributed by atoms with Crippen LogP contribution in [0.2, 0.25) is 0 Å². The number of furan rings is 1. The molecule has 0 atom stereocenters. The molecule has 2 rings (SSSR count). The average Bonchev–Trinajstić information content (AvgIpc) is 3.01. The van der Waals surface area contributed by atoms with Gasteiger partial charge in [-0.2, -0.15) is 4.31 Å². The lowest BCUT2D eigenvalue weighted by molar-refractivity contribution is -0.111. The van der Waals surface area contributed by atoms with E-state index in [1.54, 1.807) is 45.0 Å². The summed E-state index contributed by atoms with van der Waals surface area (Å²) >= 11 is 0. The van der Waals surface area contributed by atoms with E-state index in [4.69, 9.17) is 4.42 Å². The molecular formula is C19H24N2O4S. The van der Waals surface area contributed by atoms with Crippen molar-refractivity contribution in [3.05, 3.63) is 53.5 Å². The predicted molar refractivity (Wildman–Crippen MR) is 102 cm³/mol. The molecule has 0 radical (unpaired) electrons. The van der Waals surface area contributed by atoms with Crippen molar-refractivity contribution in [3.8, 4) is 0 Å². The molecule has 0 saturated carbocycles. The van der Waals surface area contributed by atoms with Crippen LogP contribution < -0.4 is 5.32 Å². The number of hydrogen-bond acceptors (Lipinski definition) is 4. The number of carbonyl (C=O) groups excluding carboxylic acids is 1. The summed E-state index contributed by atoms with van der Waals surface area (Å²) in [5.74, 6) is 0.968. The van der Waals surface area contributed by atoms with Gasteiger partial charge in [0.25, 0.3) is 0 Å². The second-order valence-corrected chi connectivity index (χ2v) is 7.75. The number of benzene rings is 1. The van der Waals surface area contributed by atoms with Crippen LogP contribution in [0.15, 0.2) is 45.7 Å². The third-order valence-electron chi connectivity index (χ3n) is 3.94. The van der Waals surface area contributed by atoms with Crippen molar-refractivity contribution in [2.45, 2.75) is 32.6 Å². The van der Waals surface area contributed by atoms with Gasteiger partial charge in [-0.3, -0.25) is 4.79 Å². The van der Waals surface area contributed by atoms with Crippen LogP contribution in [0.25, 0.3) is 6.08 Å². The summed E-state index contributed by atoms with van der Waals surface area (Å²) < 4.78 is 32.3. The van der Waals surface area contributed by atoms with Gasteiger partial charge in [-0.15, -0.1) is 0 Å². The minimum absolute atomic E-state index is 0.199. The van der Waals surface area contributed by atoms with Crippen molar-refractivity contribution >= 4 is 27.7 Å². The Hall–Kier alpha value is -2.38. The first kappa shape index (κ1) is 19.9. The summed E-state index contributed by atoms with van der Waals surface area (Å²) in [6.07, 6.45) is 2.90. The van der Waals surface area contributed by atoms with E-state index in [0.29, 0.717) is 30.1 Å². The lowest BCUT2D eigenvalue weighted by Gasteiger charge is -2.20. The standard InChI is InChI=1S/C19H24N2O4S/c1-5-21(6-2)26(23,24)18-13-16(9-7-14(18)3)20-19(22)12-11-17-10-8-15(4)25-17/h7-13H,5-6H2,1-4H3,(H,20,22). The first-order chi connectivity index (χ1) is 12.3. The number of amides is 1. The summed E-state index contributed by atoms with van der Waals surface area (Å²) in [7, 11) is -3.59. The first-order valence-electron chi connectivity index (χ1n) is 8.44. The Morgan fingerprint density at radius 3 is 2.42 bits per heavy atom. The van der Waals surface area contributed by atoms with Gasteiger partial charge in [-0.1, -0.05) is 19.9 Å². The van der Waals surface area contributed by atoms with E-state index < -0.39 is 10.0 Å². The summed E-state index contributed by atoms with van der Waals surface area (Å²) in [5.41, 5.74) is 1.06. The molecule has 1 amide bonds. The number of hydrogen-bond donors (Lipinski definition) is 1. The van der Waals surface area contributed by atoms with E-state index >= 15 is 0 Å². The molecular weight excluding hydrogens is 352 g/mol. The molecule has 1 N–H and O–H groups in total. The van der Waals surface area contributed by atoms with Gasteiger partial charge in [0.15, 0.2) is 0 Å². The number of rotatable bonds is 7. The van der Waals surface area contributed by atoms with E-state index in [-0.39, 0.29) is 10.8 Å². The van der Waals surface area contributed by atoms with Gasteiger partial charge in [0.1, 0.15) is 11.5 Å². The average molecular weight is 376 g/mol. The smallest absolute Gasteiger partial charge is 0.248 e. The lowest BCUT2D eigenvalue weighted by atomic mass is 10.2. The van der Waals surface area contributed by atoms with E-state index in [0.717, 1.165) is 5.76 Å². The number of sulfonamides is 1. The molecule has 0 aliphatic rings. The molecule has 0 aliphatic carbocycles. The van der Waals surface area contributed by atoms with Crippen LogP contribution in [0.5, 0.6) is 0 Å². The van der Waals surface area contributed by atoms with Gasteiger partial charge in [-0.05, 0) is 49.8 Å². The summed E-state index contributed by atoms with van der Waals surface area (Å²) in [6, 6.07) is 8.43. The van der Waals surface area contributed by atoms with Crippen LogP contribution in [-0.4, -0.2) is 31.7 Å². The largest absolute Gasteiger partial charge is 0.462 e. The van der Waals surface area contributed by atoms with Crippen LogP contribution in [-0.2, 0) is 14.8 Å². The second-order valence-electron chi connectivity index (χ2n) is 5.84. The summed E-state index contributed by atoms with van der Waals surface area (Å²) in [6.45, 7) is 7.93. The molecule has 0 saturated heterocycles. The third-order valence-corrected chi connectivity index (χ3v) is 6.13. The minimum atomic E-state index is -3.59. The minimum Gasteiger partial charge on any atom is -0.462 e. The number of aryl methyl sites for hydroxylation is 2. The fourth-order valence-corrected chi connectivity index (χ4v) is 4.25. The van der Waals surface area contributed by atoms with Crippen molar-refractivity contribution in [1.82, 2.24) is 4.31 Å². The third kappa shape index (κ3) is 4.62. The van der Waals surface area contributed by atoms with Crippen molar-refractivity contribution in [2.24, 2.45) is 0 Å². The lowest BCUT2D eigenvalue weighted by Crippen LogP contribution is -2.31. The normalized spacial score (nSPS) is 12.0. The maximum Gasteiger partial charge on any atom is 0.248 e. The topological polar surface area (TPSA) is 79.6 Å². The predicted octanol–water partition coefficient (Wildman–Crippen LogP) is 3.58. The second kappa shape index (κ2) is 8.33. The molecule has 0 unspecified atom stereocenters. The molecule has 6 nitrogen and oxygen atoms in total. The molecule has 0 bridgehead atoms. The Morgan fingerprint density at radius 2 is 1.85 bits per heavy atom. The van der Waals surface area contributed by atoms with Crippen molar-refractivity contribution < 1.29 is 17.6 Å². The highest BCUT2D eigenvalue weighted by atomic mass is 32.2. The van der Waals surface area contributed by atoms with Crippen LogP contribution in [0, 0.1) is 13.8 Å². The summed E-state index contributed by atoms with van der Waals surface area (Å²) in [4.78, 5) is 12.3. The highest BCUT2D eigenvalue weighted by molar-refractivity contribution is 7.89. The fourth-order valence-electron chi connectivity index (χ4n) is 2.54. The molecule has 26 heavy (non-hydrogen) atoms. The van der Waals surface area contributed by atoms with Crippen LogP contribution in [0.4, 0.5) is 5.69 Å². The maximum atomic E-state index is 12.8. The molecule has 1 aromatic heterocycles. The molecule has 0 spiro atoms. The highest BCUT2D eigenvalue weighted by Gasteiger charge is 2.23. The van der Waals surface area contributed by atoms with E-state index in [2.05, 4.69) is 5.32 Å². The first-order valence-corrected chi connectivity index (χ1v) is 9.88. The van der Waals surface area contributed by atoms with Crippen LogP contribution in [0.3, 0.4) is 0 Å². The fraction of sp³-hybridized carbons (Fsp3) is 0.316. The quantitative estimate of drug-likeness (QED) is 0.749. The van der Waals surface area contributed by atoms with Gasteiger partial charge in [0.2, 0.25) is 15.9 Å². The Labute approximate surface area is 154 Å². The number of anilines is 1. The number of nitrogens with one attached hydrogen (secondary N) is 1. The van der Waals surface area contributed by atoms with Gasteiger partial charge in [-0.25, -0.2) is 8.42 Å². The summed E-state index contributed by atoms with van der Waals surface area (Å²) in [5, 5.41) is 2.68. The molecule has 1 aromatic carbocycles. The highest BCUT2D eigenvalue weighted by Crippen LogP contribution is 2.23. The monoisotopic (exact) mass is 376 g/mol. The van der Waals surface area contributed by atoms with Crippen LogP contribution >= 0.6 is 0 Å². The molecule has 140 valence electrons. The molecule has 0 aliphatic heterocycles. The van der Waals surface area contributed by atoms with Crippen molar-refractivity contribution in [3.63, 3.8) is 0 Å². The molecule has 7 heteroatoms. The Morgan fingerprint density at radius 1 is 1.15 bits per heavy atom. The Kier molecular flexibility index (Phi) is 6.39. The van der Waals surface area contributed by atoms with Gasteiger partial charge in [0, 0.05) is 24.9 Å². The molecule has 1 heterocycles. The maximum absolute atomic E-state index is 12.8. The Bertz CT molecular complexity index is 909. The molecule has 0 fully saturated rings. The Balaban J connectivity index is 2.21. The van der Waals surface area contributed by atoms with Gasteiger partial charge in [0.05, 0.1) is 4.90 Å². The zero-order valence-corrected chi connectivity index (χ0v) is 16.3. The SMILES string of the molecule is CCN(CC)S(=O)(=O)c1cc(NC(=O)C=Cc2ccc(C)o2)ccc1C. The zero-order chi connectivity index (χ0) is 19.3. The number of carbonyl (C=O) groups is 1. The number of nitrogens with zero attached hydrogens (tertiary/aromatic N) is 1. The van der Waals surface area contributed by atoms with E-state index in [9.17, 15) is 13.2 Å². The van der Waals surface area contributed by atoms with E-state index in [1.807, 2.05) is 13.0 Å². The van der Waals surface area contributed by atoms with Gasteiger partial charge < -0.3 is 9.73 Å². The zero-order valence-electron chi connectivity index (χ0n) is 15.4. The van der Waals surface area contributed by atoms with Gasteiger partial charge >= 0.3 is 0 Å². The van der Waals surface area contributed by atoms with Crippen molar-refractivity contribution in [1.29, 1.82) is 0 Å². The van der Waals surface area contributed by atoms with Crippen molar-refractivity contribution in [2.75, 3.05) is 18.4 Å². The van der Waals surface area contributed by atoms with E-state index in [1.165, 1.54) is 16.4 Å².